The van der Waals surface area contributed by atoms with Crippen LogP contribution in [0.4, 0.5) is 5.82 Å². The lowest BCUT2D eigenvalue weighted by atomic mass is 10.2. The van der Waals surface area contributed by atoms with Crippen LogP contribution >= 0.6 is 0 Å². The molecule has 0 amide bonds. The summed E-state index contributed by atoms with van der Waals surface area (Å²) in [6.45, 7) is 0. The van der Waals surface area contributed by atoms with Crippen molar-refractivity contribution in [3.63, 3.8) is 0 Å². The fourth-order valence-electron chi connectivity index (χ4n) is 2.93. The Morgan fingerprint density at radius 2 is 2.04 bits per heavy atom. The largest absolute Gasteiger partial charge is 0.397 e. The first-order chi connectivity index (χ1) is 11.7. The molecule has 1 saturated carbocycles. The van der Waals surface area contributed by atoms with Gasteiger partial charge in [0.1, 0.15) is 5.82 Å². The molecule has 0 aliphatic heterocycles. The highest BCUT2D eigenvalue weighted by Gasteiger charge is 2.14. The summed E-state index contributed by atoms with van der Waals surface area (Å²) in [6.07, 6.45) is 9.74. The fourth-order valence-corrected chi connectivity index (χ4v) is 2.93. The van der Waals surface area contributed by atoms with E-state index in [4.69, 9.17) is 11.6 Å². The van der Waals surface area contributed by atoms with Crippen molar-refractivity contribution in [2.45, 2.75) is 31.7 Å². The van der Waals surface area contributed by atoms with Gasteiger partial charge in [-0.3, -0.25) is 15.2 Å². The molecule has 6 N–H and O–H groups in total. The van der Waals surface area contributed by atoms with Crippen LogP contribution in [0.1, 0.15) is 31.2 Å². The van der Waals surface area contributed by atoms with E-state index in [-0.39, 0.29) is 5.56 Å². The maximum absolute atomic E-state index is 12.1. The molecule has 2 heterocycles. The van der Waals surface area contributed by atoms with Crippen LogP contribution in [0, 0.1) is 0 Å². The lowest BCUT2D eigenvalue weighted by molar-refractivity contribution is 0.750. The van der Waals surface area contributed by atoms with Gasteiger partial charge in [-0.25, -0.2) is 4.98 Å². The van der Waals surface area contributed by atoms with E-state index in [1.807, 2.05) is 12.1 Å². The van der Waals surface area contributed by atoms with Crippen molar-refractivity contribution in [1.82, 2.24) is 15.0 Å². The normalized spacial score (nSPS) is 15.5. The van der Waals surface area contributed by atoms with Gasteiger partial charge in [0, 0.05) is 30.1 Å². The lowest BCUT2D eigenvalue weighted by Gasteiger charge is -2.13. The van der Waals surface area contributed by atoms with E-state index < -0.39 is 0 Å². The van der Waals surface area contributed by atoms with Crippen molar-refractivity contribution in [1.29, 1.82) is 0 Å². The number of hydrogen-bond acceptors (Lipinski definition) is 6. The summed E-state index contributed by atoms with van der Waals surface area (Å²) in [5.41, 5.74) is 9.96. The van der Waals surface area contributed by atoms with Crippen LogP contribution in [-0.4, -0.2) is 15.6 Å². The zero-order valence-corrected chi connectivity index (χ0v) is 13.4. The summed E-state index contributed by atoms with van der Waals surface area (Å²) in [6, 6.07) is 7.40. The molecule has 0 radical (unpaired) electrons. The molecule has 0 bridgehead atoms. The van der Waals surface area contributed by atoms with Crippen molar-refractivity contribution in [2.24, 2.45) is 11.6 Å². The molecular weight excluding hydrogens is 304 g/mol. The molecular formula is C17H22N6O. The van der Waals surface area contributed by atoms with E-state index >= 15 is 0 Å². The third-order valence-corrected chi connectivity index (χ3v) is 4.22. The predicted octanol–water partition coefficient (Wildman–Crippen LogP) is 1.31. The SMILES string of the molecule is NN/C=C(\N)c1ccc(=O)n(-c2ccc(NC3CCCC3)nc2)c1. The maximum Gasteiger partial charge on any atom is 0.255 e. The Morgan fingerprint density at radius 3 is 2.71 bits per heavy atom. The molecule has 24 heavy (non-hydrogen) atoms. The van der Waals surface area contributed by atoms with Gasteiger partial charge in [-0.05, 0) is 31.0 Å². The molecule has 2 aromatic rings. The fraction of sp³-hybridized carbons (Fsp3) is 0.294. The molecule has 0 atom stereocenters. The molecule has 0 saturated heterocycles. The quantitative estimate of drug-likeness (QED) is 0.487. The third-order valence-electron chi connectivity index (χ3n) is 4.22. The standard InChI is InChI=1S/C17H22N6O/c18-15(10-21-19)12-5-8-17(24)23(11-12)14-6-7-16(20-9-14)22-13-3-1-2-4-13/h5-11,13,21H,1-4,18-19H2,(H,20,22)/b15-10-. The zero-order chi connectivity index (χ0) is 16.9. The van der Waals surface area contributed by atoms with Crippen molar-refractivity contribution >= 4 is 11.5 Å². The number of aromatic nitrogens is 2. The maximum atomic E-state index is 12.1. The van der Waals surface area contributed by atoms with Crippen LogP contribution in [0.2, 0.25) is 0 Å². The van der Waals surface area contributed by atoms with Gasteiger partial charge < -0.3 is 16.5 Å². The Hall–Kier alpha value is -2.80. The topological polar surface area (TPSA) is 111 Å². The average molecular weight is 326 g/mol. The minimum Gasteiger partial charge on any atom is -0.397 e. The van der Waals surface area contributed by atoms with Crippen LogP contribution in [-0.2, 0) is 0 Å². The first-order valence-electron chi connectivity index (χ1n) is 8.05. The van der Waals surface area contributed by atoms with Crippen molar-refractivity contribution < 1.29 is 0 Å². The van der Waals surface area contributed by atoms with Gasteiger partial charge in [-0.1, -0.05) is 12.8 Å². The minimum atomic E-state index is -0.148. The highest BCUT2D eigenvalue weighted by atomic mass is 16.1. The number of hydrazine groups is 1. The van der Waals surface area contributed by atoms with Gasteiger partial charge in [0.25, 0.3) is 5.56 Å². The summed E-state index contributed by atoms with van der Waals surface area (Å²) in [5.74, 6) is 6.07. The summed E-state index contributed by atoms with van der Waals surface area (Å²) in [7, 11) is 0. The number of rotatable bonds is 5. The van der Waals surface area contributed by atoms with Crippen LogP contribution in [0.15, 0.2) is 47.7 Å². The van der Waals surface area contributed by atoms with E-state index in [1.165, 1.54) is 42.5 Å². The molecule has 0 aromatic carbocycles. The molecule has 7 nitrogen and oxygen atoms in total. The molecule has 1 aliphatic rings. The Labute approximate surface area is 140 Å². The first kappa shape index (κ1) is 16.1. The van der Waals surface area contributed by atoms with Crippen molar-refractivity contribution in [3.8, 4) is 5.69 Å². The number of anilines is 1. The molecule has 7 heteroatoms. The molecule has 126 valence electrons. The van der Waals surface area contributed by atoms with Crippen LogP contribution in [0.25, 0.3) is 11.4 Å². The lowest BCUT2D eigenvalue weighted by Crippen LogP contribution is -2.20. The highest BCUT2D eigenvalue weighted by Crippen LogP contribution is 2.21. The van der Waals surface area contributed by atoms with Crippen LogP contribution in [0.3, 0.4) is 0 Å². The van der Waals surface area contributed by atoms with E-state index in [9.17, 15) is 4.79 Å². The molecule has 2 aromatic heterocycles. The summed E-state index contributed by atoms with van der Waals surface area (Å²) < 4.78 is 1.51. The Morgan fingerprint density at radius 1 is 1.25 bits per heavy atom. The second kappa shape index (κ2) is 7.18. The highest BCUT2D eigenvalue weighted by molar-refractivity contribution is 5.61. The zero-order valence-electron chi connectivity index (χ0n) is 13.4. The molecule has 0 spiro atoms. The average Bonchev–Trinajstić information content (AvgIpc) is 3.09. The number of nitrogens with zero attached hydrogens (tertiary/aromatic N) is 2. The number of nitrogens with one attached hydrogen (secondary N) is 2. The van der Waals surface area contributed by atoms with Crippen LogP contribution < -0.4 is 27.9 Å². The van der Waals surface area contributed by atoms with E-state index in [0.717, 1.165) is 5.82 Å². The number of pyridine rings is 2. The molecule has 3 rings (SSSR count). The second-order valence-corrected chi connectivity index (χ2v) is 5.92. The minimum absolute atomic E-state index is 0.148. The number of nitrogens with two attached hydrogens (primary N) is 2. The predicted molar refractivity (Wildman–Crippen MR) is 95.2 cm³/mol. The van der Waals surface area contributed by atoms with E-state index in [2.05, 4.69) is 15.7 Å². The Kier molecular flexibility index (Phi) is 4.81. The third kappa shape index (κ3) is 3.57. The van der Waals surface area contributed by atoms with Gasteiger partial charge in [-0.15, -0.1) is 0 Å². The van der Waals surface area contributed by atoms with Gasteiger partial charge in [0.05, 0.1) is 17.6 Å². The van der Waals surface area contributed by atoms with Gasteiger partial charge in [0.15, 0.2) is 0 Å². The molecule has 0 unspecified atom stereocenters. The second-order valence-electron chi connectivity index (χ2n) is 5.92. The van der Waals surface area contributed by atoms with Gasteiger partial charge in [-0.2, -0.15) is 0 Å². The van der Waals surface area contributed by atoms with Crippen molar-refractivity contribution in [3.05, 3.63) is 58.8 Å². The van der Waals surface area contributed by atoms with Gasteiger partial charge >= 0.3 is 0 Å². The smallest absolute Gasteiger partial charge is 0.255 e. The summed E-state index contributed by atoms with van der Waals surface area (Å²) >= 11 is 0. The Bertz CT molecular complexity index is 774. The molecule has 1 fully saturated rings. The van der Waals surface area contributed by atoms with E-state index in [1.54, 1.807) is 18.5 Å². The molecule has 1 aliphatic carbocycles. The van der Waals surface area contributed by atoms with Gasteiger partial charge in [0.2, 0.25) is 0 Å². The Balaban J connectivity index is 1.84. The number of hydrogen-bond donors (Lipinski definition) is 4. The van der Waals surface area contributed by atoms with Crippen LogP contribution in [0.5, 0.6) is 0 Å². The summed E-state index contributed by atoms with van der Waals surface area (Å²) in [4.78, 5) is 16.6. The monoisotopic (exact) mass is 326 g/mol. The first-order valence-corrected chi connectivity index (χ1v) is 8.05. The summed E-state index contributed by atoms with van der Waals surface area (Å²) in [5, 5.41) is 3.43. The van der Waals surface area contributed by atoms with Crippen molar-refractivity contribution in [2.75, 3.05) is 5.32 Å². The van der Waals surface area contributed by atoms with E-state index in [0.29, 0.717) is 23.0 Å².